The zero-order valence-electron chi connectivity index (χ0n) is 17.6. The molecule has 0 atom stereocenters. The molecule has 9 heteroatoms. The standard InChI is InChI=1S/C23H21N5O4/c1-3-32-23(31)16-8-10-17(11-9-16)26-20(29)13-27-14-24-21-18(22(27)30)12-25-28(21)19-7-5-4-6-15(19)2/h4-12,14H,3,13H2,1-2H3,(H,26,29). The van der Waals surface area contributed by atoms with Gasteiger partial charge in [-0.05, 0) is 49.7 Å². The van der Waals surface area contributed by atoms with E-state index in [4.69, 9.17) is 4.74 Å². The number of benzene rings is 2. The van der Waals surface area contributed by atoms with Crippen LogP contribution < -0.4 is 10.9 Å². The molecule has 0 aliphatic heterocycles. The summed E-state index contributed by atoms with van der Waals surface area (Å²) < 4.78 is 7.78. The molecule has 1 N–H and O–H groups in total. The molecule has 0 aliphatic carbocycles. The van der Waals surface area contributed by atoms with Crippen molar-refractivity contribution in [2.45, 2.75) is 20.4 Å². The molecule has 162 valence electrons. The molecule has 1 amide bonds. The summed E-state index contributed by atoms with van der Waals surface area (Å²) in [5, 5.41) is 7.34. The molecule has 4 rings (SSSR count). The number of nitrogens with one attached hydrogen (secondary N) is 1. The number of rotatable bonds is 6. The van der Waals surface area contributed by atoms with E-state index in [0.29, 0.717) is 22.3 Å². The van der Waals surface area contributed by atoms with Gasteiger partial charge < -0.3 is 10.1 Å². The van der Waals surface area contributed by atoms with E-state index in [9.17, 15) is 14.4 Å². The van der Waals surface area contributed by atoms with Crippen molar-refractivity contribution in [1.29, 1.82) is 0 Å². The molecule has 0 aliphatic rings. The topological polar surface area (TPSA) is 108 Å². The first kappa shape index (κ1) is 21.0. The van der Waals surface area contributed by atoms with Gasteiger partial charge in [-0.3, -0.25) is 14.2 Å². The lowest BCUT2D eigenvalue weighted by molar-refractivity contribution is -0.116. The van der Waals surface area contributed by atoms with E-state index in [2.05, 4.69) is 15.4 Å². The second-order valence-electron chi connectivity index (χ2n) is 7.10. The number of para-hydroxylation sites is 1. The molecule has 9 nitrogen and oxygen atoms in total. The van der Waals surface area contributed by atoms with E-state index in [1.807, 2.05) is 31.2 Å². The van der Waals surface area contributed by atoms with Gasteiger partial charge in [0.2, 0.25) is 5.91 Å². The van der Waals surface area contributed by atoms with Crippen molar-refractivity contribution in [2.24, 2.45) is 0 Å². The molecular formula is C23H21N5O4. The zero-order valence-corrected chi connectivity index (χ0v) is 17.6. The van der Waals surface area contributed by atoms with E-state index >= 15 is 0 Å². The third-order valence-corrected chi connectivity index (χ3v) is 4.89. The van der Waals surface area contributed by atoms with Gasteiger partial charge in [-0.25, -0.2) is 14.5 Å². The summed E-state index contributed by atoms with van der Waals surface area (Å²) in [5.74, 6) is -0.828. The summed E-state index contributed by atoms with van der Waals surface area (Å²) in [6.07, 6.45) is 2.80. The third-order valence-electron chi connectivity index (χ3n) is 4.89. The minimum Gasteiger partial charge on any atom is -0.462 e. The van der Waals surface area contributed by atoms with Gasteiger partial charge in [-0.15, -0.1) is 0 Å². The fourth-order valence-corrected chi connectivity index (χ4v) is 3.30. The van der Waals surface area contributed by atoms with Gasteiger partial charge in [0.25, 0.3) is 5.56 Å². The van der Waals surface area contributed by atoms with Crippen LogP contribution in [-0.4, -0.2) is 37.8 Å². The highest BCUT2D eigenvalue weighted by Crippen LogP contribution is 2.17. The van der Waals surface area contributed by atoms with Gasteiger partial charge in [-0.1, -0.05) is 18.2 Å². The number of nitrogens with zero attached hydrogens (tertiary/aromatic N) is 4. The number of hydrogen-bond acceptors (Lipinski definition) is 6. The number of ether oxygens (including phenoxy) is 1. The van der Waals surface area contributed by atoms with Gasteiger partial charge in [0.1, 0.15) is 18.3 Å². The predicted molar refractivity (Wildman–Crippen MR) is 119 cm³/mol. The number of carbonyl (C=O) groups is 2. The minimum atomic E-state index is -0.428. The summed E-state index contributed by atoms with van der Waals surface area (Å²) in [6, 6.07) is 14.0. The second kappa shape index (κ2) is 8.84. The van der Waals surface area contributed by atoms with Crippen molar-refractivity contribution >= 4 is 28.6 Å². The lowest BCUT2D eigenvalue weighted by atomic mass is 10.2. The Labute approximate surface area is 183 Å². The maximum atomic E-state index is 12.9. The van der Waals surface area contributed by atoms with Crippen LogP contribution in [-0.2, 0) is 16.1 Å². The number of hydrogen-bond donors (Lipinski definition) is 1. The van der Waals surface area contributed by atoms with Crippen LogP contribution in [0.1, 0.15) is 22.8 Å². The minimum absolute atomic E-state index is 0.211. The quantitative estimate of drug-likeness (QED) is 0.470. The number of carbonyl (C=O) groups excluding carboxylic acids is 2. The highest BCUT2D eigenvalue weighted by molar-refractivity contribution is 5.93. The lowest BCUT2D eigenvalue weighted by Gasteiger charge is -2.09. The first-order chi connectivity index (χ1) is 15.5. The van der Waals surface area contributed by atoms with E-state index < -0.39 is 11.9 Å². The number of aryl methyl sites for hydroxylation is 1. The Kier molecular flexibility index (Phi) is 5.80. The smallest absolute Gasteiger partial charge is 0.338 e. The van der Waals surface area contributed by atoms with E-state index in [-0.39, 0.29) is 18.7 Å². The Bertz CT molecular complexity index is 1360. The Morgan fingerprint density at radius 2 is 1.84 bits per heavy atom. The largest absolute Gasteiger partial charge is 0.462 e. The zero-order chi connectivity index (χ0) is 22.7. The first-order valence-electron chi connectivity index (χ1n) is 10.0. The second-order valence-corrected chi connectivity index (χ2v) is 7.10. The van der Waals surface area contributed by atoms with Crippen molar-refractivity contribution < 1.29 is 14.3 Å². The van der Waals surface area contributed by atoms with Crippen molar-refractivity contribution in [1.82, 2.24) is 19.3 Å². The molecule has 0 spiro atoms. The predicted octanol–water partition coefficient (Wildman–Crippen LogP) is 2.71. The molecule has 2 heterocycles. The number of aromatic nitrogens is 4. The number of esters is 1. The molecule has 0 saturated carbocycles. The van der Waals surface area contributed by atoms with Crippen LogP contribution in [0.25, 0.3) is 16.7 Å². The molecule has 0 radical (unpaired) electrons. The van der Waals surface area contributed by atoms with E-state index in [1.165, 1.54) is 17.1 Å². The Morgan fingerprint density at radius 1 is 1.09 bits per heavy atom. The maximum Gasteiger partial charge on any atom is 0.338 e. The molecule has 0 unspecified atom stereocenters. The normalized spacial score (nSPS) is 10.8. The van der Waals surface area contributed by atoms with Crippen LogP contribution in [0.5, 0.6) is 0 Å². The number of anilines is 1. The molecular weight excluding hydrogens is 410 g/mol. The fraction of sp³-hybridized carbons (Fsp3) is 0.174. The van der Waals surface area contributed by atoms with Crippen molar-refractivity contribution in [3.05, 3.63) is 82.5 Å². The van der Waals surface area contributed by atoms with Crippen molar-refractivity contribution in [2.75, 3.05) is 11.9 Å². The van der Waals surface area contributed by atoms with Crippen LogP contribution >= 0.6 is 0 Å². The van der Waals surface area contributed by atoms with Crippen molar-refractivity contribution in [3.8, 4) is 5.69 Å². The monoisotopic (exact) mass is 431 g/mol. The van der Waals surface area contributed by atoms with Crippen LogP contribution in [0.15, 0.2) is 65.8 Å². The lowest BCUT2D eigenvalue weighted by Crippen LogP contribution is -2.27. The average Bonchev–Trinajstić information content (AvgIpc) is 3.21. The van der Waals surface area contributed by atoms with Gasteiger partial charge in [0, 0.05) is 5.69 Å². The summed E-state index contributed by atoms with van der Waals surface area (Å²) in [4.78, 5) is 41.4. The molecule has 4 aromatic rings. The summed E-state index contributed by atoms with van der Waals surface area (Å²) in [6.45, 7) is 3.76. The number of fused-ring (bicyclic) bond motifs is 1. The molecule has 2 aromatic carbocycles. The fourth-order valence-electron chi connectivity index (χ4n) is 3.30. The molecule has 0 fully saturated rings. The summed E-state index contributed by atoms with van der Waals surface area (Å²) in [5.41, 5.74) is 2.78. The summed E-state index contributed by atoms with van der Waals surface area (Å²) >= 11 is 0. The van der Waals surface area contributed by atoms with Crippen LogP contribution in [0.3, 0.4) is 0 Å². The van der Waals surface area contributed by atoms with E-state index in [1.54, 1.807) is 35.9 Å². The maximum absolute atomic E-state index is 12.9. The Balaban J connectivity index is 1.52. The number of amides is 1. The van der Waals surface area contributed by atoms with Crippen LogP contribution in [0, 0.1) is 6.92 Å². The molecule has 2 aromatic heterocycles. The average molecular weight is 431 g/mol. The SMILES string of the molecule is CCOC(=O)c1ccc(NC(=O)Cn2cnc3c(cnn3-c3ccccc3C)c2=O)cc1. The van der Waals surface area contributed by atoms with E-state index in [0.717, 1.165) is 11.3 Å². The van der Waals surface area contributed by atoms with Gasteiger partial charge in [-0.2, -0.15) is 5.10 Å². The molecule has 0 saturated heterocycles. The van der Waals surface area contributed by atoms with Crippen LogP contribution in [0.4, 0.5) is 5.69 Å². The van der Waals surface area contributed by atoms with Crippen LogP contribution in [0.2, 0.25) is 0 Å². The van der Waals surface area contributed by atoms with Gasteiger partial charge >= 0.3 is 5.97 Å². The van der Waals surface area contributed by atoms with Crippen molar-refractivity contribution in [3.63, 3.8) is 0 Å². The Morgan fingerprint density at radius 3 is 2.56 bits per heavy atom. The molecule has 32 heavy (non-hydrogen) atoms. The Hall–Kier alpha value is -4.27. The third kappa shape index (κ3) is 4.13. The summed E-state index contributed by atoms with van der Waals surface area (Å²) in [7, 11) is 0. The molecule has 0 bridgehead atoms. The first-order valence-corrected chi connectivity index (χ1v) is 10.0. The highest BCUT2D eigenvalue weighted by Gasteiger charge is 2.14. The van der Waals surface area contributed by atoms with Gasteiger partial charge in [0.05, 0.1) is 24.1 Å². The van der Waals surface area contributed by atoms with Gasteiger partial charge in [0.15, 0.2) is 5.65 Å². The highest BCUT2D eigenvalue weighted by atomic mass is 16.5.